The molecule has 1 aliphatic heterocycles. The van der Waals surface area contributed by atoms with E-state index in [1.54, 1.807) is 12.1 Å². The predicted octanol–water partition coefficient (Wildman–Crippen LogP) is 7.06. The maximum absolute atomic E-state index is 13.4. The molecule has 178 valence electrons. The molecule has 2 rings (SSSR count). The summed E-state index contributed by atoms with van der Waals surface area (Å²) in [6.07, 6.45) is 0.338. The molecule has 0 saturated carbocycles. The van der Waals surface area contributed by atoms with E-state index in [0.29, 0.717) is 34.2 Å². The van der Waals surface area contributed by atoms with Crippen LogP contribution in [0.1, 0.15) is 75.6 Å². The molecule has 0 aliphatic carbocycles. The van der Waals surface area contributed by atoms with E-state index in [4.69, 9.17) is 4.43 Å². The fourth-order valence-corrected chi connectivity index (χ4v) is 11.8. The molecule has 2 amide bonds. The van der Waals surface area contributed by atoms with Crippen molar-refractivity contribution in [3.63, 3.8) is 0 Å². The maximum atomic E-state index is 13.4. The molecule has 0 radical (unpaired) electrons. The van der Waals surface area contributed by atoms with Crippen LogP contribution in [0.25, 0.3) is 0 Å². The Bertz CT molecular complexity index is 813. The summed E-state index contributed by atoms with van der Waals surface area (Å²) >= 11 is 0. The van der Waals surface area contributed by atoms with E-state index >= 15 is 0 Å². The normalized spacial score (nSPS) is 16.8. The van der Waals surface area contributed by atoms with Crippen molar-refractivity contribution in [1.29, 1.82) is 0 Å². The van der Waals surface area contributed by atoms with Crippen LogP contribution in [-0.4, -0.2) is 45.3 Å². The van der Waals surface area contributed by atoms with Gasteiger partial charge in [0.25, 0.3) is 11.8 Å². The third-order valence-electron chi connectivity index (χ3n) is 7.31. The molecule has 1 aromatic rings. The molecule has 1 aromatic carbocycles. The number of fused-ring (bicyclic) bond motifs is 1. The Kier molecular flexibility index (Phi) is 8.17. The summed E-state index contributed by atoms with van der Waals surface area (Å²) < 4.78 is 7.07. The summed E-state index contributed by atoms with van der Waals surface area (Å²) in [6, 6.07) is 6.78. The molecule has 0 aromatic heterocycles. The van der Waals surface area contributed by atoms with Gasteiger partial charge in [-0.25, -0.2) is 0 Å². The van der Waals surface area contributed by atoms with Crippen LogP contribution in [0.3, 0.4) is 0 Å². The van der Waals surface area contributed by atoms with E-state index in [1.165, 1.54) is 4.90 Å². The first-order chi connectivity index (χ1) is 14.7. The Morgan fingerprint density at radius 1 is 0.875 bits per heavy atom. The van der Waals surface area contributed by atoms with Gasteiger partial charge in [0.05, 0.1) is 31.3 Å². The minimum Gasteiger partial charge on any atom is -0.411 e. The summed E-state index contributed by atoms with van der Waals surface area (Å²) in [6.45, 7) is 26.8. The van der Waals surface area contributed by atoms with E-state index in [0.717, 1.165) is 5.20 Å². The molecule has 1 heterocycles. The molecular formula is C26H43NO3Si2. The molecule has 4 nitrogen and oxygen atoms in total. The minimum atomic E-state index is -2.19. The molecule has 1 aliphatic rings. The fraction of sp³-hybridized carbons (Fsp3) is 0.615. The summed E-state index contributed by atoms with van der Waals surface area (Å²) in [5.41, 5.74) is 2.26. The van der Waals surface area contributed by atoms with Gasteiger partial charge in [-0.2, -0.15) is 0 Å². The van der Waals surface area contributed by atoms with Gasteiger partial charge >= 0.3 is 0 Å². The van der Waals surface area contributed by atoms with Gasteiger partial charge in [-0.1, -0.05) is 78.5 Å². The molecule has 0 N–H and O–H groups in total. The van der Waals surface area contributed by atoms with Crippen LogP contribution in [0.15, 0.2) is 36.0 Å². The van der Waals surface area contributed by atoms with Crippen molar-refractivity contribution in [2.24, 2.45) is 0 Å². The van der Waals surface area contributed by atoms with Gasteiger partial charge in [-0.3, -0.25) is 14.5 Å². The van der Waals surface area contributed by atoms with Crippen LogP contribution in [0, 0.1) is 0 Å². The first-order valence-corrected chi connectivity index (χ1v) is 17.6. The summed E-state index contributed by atoms with van der Waals surface area (Å²) in [5, 5.41) is 1.15. The zero-order valence-corrected chi connectivity index (χ0v) is 23.8. The molecule has 32 heavy (non-hydrogen) atoms. The first-order valence-electron chi connectivity index (χ1n) is 12.0. The molecule has 6 heteroatoms. The number of carbonyl (C=O) groups excluding carboxylic acids is 2. The van der Waals surface area contributed by atoms with Crippen LogP contribution in [0.4, 0.5) is 0 Å². The highest BCUT2D eigenvalue weighted by Crippen LogP contribution is 2.44. The van der Waals surface area contributed by atoms with Crippen molar-refractivity contribution in [3.8, 4) is 0 Å². The van der Waals surface area contributed by atoms with Gasteiger partial charge in [-0.05, 0) is 42.1 Å². The highest BCUT2D eigenvalue weighted by molar-refractivity contribution is 6.83. The Balaban J connectivity index is 2.52. The molecule has 0 saturated heterocycles. The number of rotatable bonds is 10. The fourth-order valence-electron chi connectivity index (χ4n) is 5.34. The second-order valence-corrected chi connectivity index (χ2v) is 21.9. The van der Waals surface area contributed by atoms with Gasteiger partial charge in [0.15, 0.2) is 0 Å². The van der Waals surface area contributed by atoms with Crippen LogP contribution < -0.4 is 0 Å². The van der Waals surface area contributed by atoms with E-state index in [2.05, 4.69) is 74.7 Å². The van der Waals surface area contributed by atoms with Crippen LogP contribution >= 0.6 is 0 Å². The Morgan fingerprint density at radius 3 is 1.62 bits per heavy atom. The van der Waals surface area contributed by atoms with Crippen molar-refractivity contribution in [3.05, 3.63) is 47.2 Å². The largest absolute Gasteiger partial charge is 0.411 e. The number of benzene rings is 1. The Hall–Kier alpha value is -1.51. The standard InChI is InChI=1S/C26H43NO3Si2/c1-17(2)32(18(3)4,19(5)6)30-21(8)24(16-20(7)31(9,10)11)27-25(28)22-14-12-13-15-23(22)26(27)29/h12-15,17-19,21,24H,7,16H2,1-6,8-11H3/t21-,24-/m1/s1. The van der Waals surface area contributed by atoms with Crippen molar-refractivity contribution in [1.82, 2.24) is 4.90 Å². The van der Waals surface area contributed by atoms with Gasteiger partial charge in [-0.15, -0.1) is 6.58 Å². The lowest BCUT2D eigenvalue weighted by Crippen LogP contribution is -2.55. The molecule has 0 bridgehead atoms. The lowest BCUT2D eigenvalue weighted by molar-refractivity contribution is 0.0399. The quantitative estimate of drug-likeness (QED) is 0.270. The first kappa shape index (κ1) is 26.7. The SMILES string of the molecule is C=C(C[C@H]([C@@H](C)O[Si](C(C)C)(C(C)C)C(C)C)N1C(=O)c2ccccc2C1=O)[Si](C)(C)C. The molecule has 0 spiro atoms. The second kappa shape index (κ2) is 9.78. The van der Waals surface area contributed by atoms with Crippen molar-refractivity contribution >= 4 is 28.2 Å². The number of hydrogen-bond donors (Lipinski definition) is 0. The van der Waals surface area contributed by atoms with Crippen molar-refractivity contribution in [2.45, 2.75) is 103 Å². The topological polar surface area (TPSA) is 46.6 Å². The average Bonchev–Trinajstić information content (AvgIpc) is 2.93. The number of hydrogen-bond acceptors (Lipinski definition) is 3. The van der Waals surface area contributed by atoms with E-state index in [1.807, 2.05) is 12.1 Å². The summed E-state index contributed by atoms with van der Waals surface area (Å²) in [4.78, 5) is 28.3. The molecular weight excluding hydrogens is 430 g/mol. The molecule has 2 atom stereocenters. The molecule has 0 fully saturated rings. The lowest BCUT2D eigenvalue weighted by Gasteiger charge is -2.46. The monoisotopic (exact) mass is 473 g/mol. The second-order valence-electron chi connectivity index (χ2n) is 11.3. The average molecular weight is 474 g/mol. The van der Waals surface area contributed by atoms with Gasteiger partial charge < -0.3 is 4.43 Å². The van der Waals surface area contributed by atoms with Gasteiger partial charge in [0, 0.05) is 0 Å². The Labute approximate surface area is 197 Å². The maximum Gasteiger partial charge on any atom is 0.261 e. The zero-order valence-electron chi connectivity index (χ0n) is 21.8. The lowest BCUT2D eigenvalue weighted by atomic mass is 10.1. The molecule has 0 unspecified atom stereocenters. The van der Waals surface area contributed by atoms with Crippen LogP contribution in [0.5, 0.6) is 0 Å². The van der Waals surface area contributed by atoms with Gasteiger partial charge in [0.1, 0.15) is 0 Å². The van der Waals surface area contributed by atoms with Crippen LogP contribution in [0.2, 0.25) is 36.3 Å². The predicted molar refractivity (Wildman–Crippen MR) is 139 cm³/mol. The third-order valence-corrected chi connectivity index (χ3v) is 15.8. The van der Waals surface area contributed by atoms with E-state index < -0.39 is 16.4 Å². The van der Waals surface area contributed by atoms with Crippen molar-refractivity contribution < 1.29 is 14.0 Å². The van der Waals surface area contributed by atoms with E-state index in [9.17, 15) is 9.59 Å². The smallest absolute Gasteiger partial charge is 0.261 e. The van der Waals surface area contributed by atoms with Crippen LogP contribution in [-0.2, 0) is 4.43 Å². The number of imide groups is 1. The summed E-state index contributed by atoms with van der Waals surface area (Å²) in [5.74, 6) is -0.416. The van der Waals surface area contributed by atoms with E-state index in [-0.39, 0.29) is 24.0 Å². The number of nitrogens with zero attached hydrogens (tertiary/aromatic N) is 1. The van der Waals surface area contributed by atoms with Crippen molar-refractivity contribution in [2.75, 3.05) is 0 Å². The highest BCUT2D eigenvalue weighted by atomic mass is 28.4. The minimum absolute atomic E-state index is 0.208. The highest BCUT2D eigenvalue weighted by Gasteiger charge is 2.49. The van der Waals surface area contributed by atoms with Gasteiger partial charge in [0.2, 0.25) is 8.32 Å². The summed E-state index contributed by atoms with van der Waals surface area (Å²) in [7, 11) is -3.85. The number of amides is 2. The zero-order chi connectivity index (χ0) is 24.6. The number of carbonyl (C=O) groups is 2. The third kappa shape index (κ3) is 4.87. The Morgan fingerprint density at radius 2 is 1.28 bits per heavy atom.